The third-order valence-corrected chi connectivity index (χ3v) is 11.0. The number of hydrogen-bond acceptors (Lipinski definition) is 8. The summed E-state index contributed by atoms with van der Waals surface area (Å²) in [4.78, 5) is 37.0. The second-order valence-electron chi connectivity index (χ2n) is 14.8. The maximum atomic E-state index is 12.5. The topological polar surface area (TPSA) is 116 Å². The van der Waals surface area contributed by atoms with E-state index in [0.717, 1.165) is 55.0 Å². The molecule has 1 amide bonds. The fourth-order valence-corrected chi connectivity index (χ4v) is 7.87. The van der Waals surface area contributed by atoms with Crippen LogP contribution in [0.5, 0.6) is 0 Å². The van der Waals surface area contributed by atoms with E-state index in [0.29, 0.717) is 46.1 Å². The predicted octanol–water partition coefficient (Wildman–Crippen LogP) is 6.79. The largest absolute Gasteiger partial charge is 0.444 e. The predicted molar refractivity (Wildman–Crippen MR) is 183 cm³/mol. The highest BCUT2D eigenvalue weighted by Crippen LogP contribution is 2.41. The molecular formula is C33H44ClN7O4Si. The summed E-state index contributed by atoms with van der Waals surface area (Å²) < 4.78 is 15.3. The van der Waals surface area contributed by atoms with E-state index in [1.54, 1.807) is 11.7 Å². The van der Waals surface area contributed by atoms with Crippen LogP contribution in [0, 0.1) is 0 Å². The van der Waals surface area contributed by atoms with Crippen LogP contribution in [-0.2, 0) is 23.3 Å². The molecule has 0 saturated carbocycles. The van der Waals surface area contributed by atoms with Crippen LogP contribution in [0.15, 0.2) is 24.5 Å². The third-order valence-electron chi connectivity index (χ3n) is 8.88. The van der Waals surface area contributed by atoms with Crippen molar-refractivity contribution in [2.45, 2.75) is 103 Å². The quantitative estimate of drug-likeness (QED) is 0.118. The Morgan fingerprint density at radius 1 is 1.15 bits per heavy atom. The van der Waals surface area contributed by atoms with Gasteiger partial charge in [0, 0.05) is 62.6 Å². The van der Waals surface area contributed by atoms with Crippen molar-refractivity contribution in [1.29, 1.82) is 0 Å². The molecule has 0 spiro atoms. The third kappa shape index (κ3) is 6.52. The number of piperidine rings is 1. The molecule has 6 rings (SSSR count). The molecule has 1 aromatic carbocycles. The molecule has 2 aliphatic rings. The molecule has 11 nitrogen and oxygen atoms in total. The van der Waals surface area contributed by atoms with E-state index in [1.165, 1.54) is 0 Å². The summed E-state index contributed by atoms with van der Waals surface area (Å²) in [6.45, 7) is 13.6. The zero-order valence-electron chi connectivity index (χ0n) is 27.8. The SMILES string of the molecule is Cn1nc2ccc(-c3cn(COCC[Si](C)(C)C)c4nc(N5[C@@H]6CC[C@H]5CC(NC(=O)OC(C)(C)C)C6)cnc34)c(Cl)c2c1C=O. The number of nitrogens with one attached hydrogen (secondary N) is 1. The normalized spacial score (nSPS) is 20.1. The Kier molecular flexibility index (Phi) is 8.66. The molecule has 13 heteroatoms. The van der Waals surface area contributed by atoms with Gasteiger partial charge in [-0.2, -0.15) is 5.10 Å². The maximum absolute atomic E-state index is 12.5. The Hall–Kier alpha value is -3.48. The van der Waals surface area contributed by atoms with Gasteiger partial charge in [0.1, 0.15) is 29.4 Å². The molecule has 1 N–H and O–H groups in total. The molecule has 3 aromatic heterocycles. The minimum absolute atomic E-state index is 0.0521. The first-order valence-corrected chi connectivity index (χ1v) is 20.1. The number of nitrogens with zero attached hydrogens (tertiary/aromatic N) is 6. The van der Waals surface area contributed by atoms with Crippen LogP contribution < -0.4 is 10.2 Å². The van der Waals surface area contributed by atoms with Gasteiger partial charge in [-0.1, -0.05) is 37.3 Å². The van der Waals surface area contributed by atoms with E-state index < -0.39 is 13.7 Å². The molecule has 2 bridgehead atoms. The number of carbonyl (C=O) groups is 2. The molecule has 4 aromatic rings. The summed E-state index contributed by atoms with van der Waals surface area (Å²) in [6, 6.07) is 5.40. The summed E-state index contributed by atoms with van der Waals surface area (Å²) in [5, 5.41) is 8.62. The van der Waals surface area contributed by atoms with Gasteiger partial charge in [0.25, 0.3) is 0 Å². The molecule has 3 atom stereocenters. The fraction of sp³-hybridized carbons (Fsp3) is 0.545. The summed E-state index contributed by atoms with van der Waals surface area (Å²) in [5.74, 6) is 0.820. The number of anilines is 1. The van der Waals surface area contributed by atoms with Crippen LogP contribution in [-0.4, -0.2) is 75.1 Å². The number of hydrogen-bond donors (Lipinski definition) is 1. The molecule has 46 heavy (non-hydrogen) atoms. The van der Waals surface area contributed by atoms with E-state index in [-0.39, 0.29) is 24.2 Å². The number of alkyl carbamates (subject to hydrolysis) is 1. The van der Waals surface area contributed by atoms with Gasteiger partial charge in [0.2, 0.25) is 0 Å². The summed E-state index contributed by atoms with van der Waals surface area (Å²) >= 11 is 7.00. The maximum Gasteiger partial charge on any atom is 0.407 e. The molecule has 2 saturated heterocycles. The average Bonchev–Trinajstić information content (AvgIpc) is 3.57. The Morgan fingerprint density at radius 3 is 2.52 bits per heavy atom. The fourth-order valence-electron chi connectivity index (χ4n) is 6.76. The van der Waals surface area contributed by atoms with Crippen molar-refractivity contribution in [3.63, 3.8) is 0 Å². The van der Waals surface area contributed by atoms with Gasteiger partial charge in [-0.15, -0.1) is 0 Å². The van der Waals surface area contributed by atoms with E-state index >= 15 is 0 Å². The Labute approximate surface area is 275 Å². The van der Waals surface area contributed by atoms with E-state index in [1.807, 2.05) is 49.9 Å². The minimum Gasteiger partial charge on any atom is -0.444 e. The zero-order chi connectivity index (χ0) is 33.0. The summed E-state index contributed by atoms with van der Waals surface area (Å²) in [6.07, 6.45) is 7.97. The molecule has 2 aliphatic heterocycles. The lowest BCUT2D eigenvalue weighted by molar-refractivity contribution is 0.0492. The lowest BCUT2D eigenvalue weighted by atomic mass is 9.97. The van der Waals surface area contributed by atoms with Gasteiger partial charge >= 0.3 is 6.09 Å². The number of benzene rings is 1. The van der Waals surface area contributed by atoms with Crippen LogP contribution in [0.4, 0.5) is 10.6 Å². The van der Waals surface area contributed by atoms with Gasteiger partial charge in [-0.25, -0.2) is 14.8 Å². The first-order valence-electron chi connectivity index (χ1n) is 16.0. The van der Waals surface area contributed by atoms with Crippen molar-refractivity contribution in [2.24, 2.45) is 7.05 Å². The van der Waals surface area contributed by atoms with Crippen molar-refractivity contribution in [1.82, 2.24) is 29.6 Å². The Morgan fingerprint density at radius 2 is 1.87 bits per heavy atom. The van der Waals surface area contributed by atoms with E-state index in [4.69, 9.17) is 31.0 Å². The molecule has 2 fully saturated rings. The molecular weight excluding hydrogens is 622 g/mol. The van der Waals surface area contributed by atoms with Crippen LogP contribution in [0.2, 0.25) is 30.7 Å². The summed E-state index contributed by atoms with van der Waals surface area (Å²) in [7, 11) is 0.474. The first kappa shape index (κ1) is 32.5. The zero-order valence-corrected chi connectivity index (χ0v) is 29.5. The molecule has 246 valence electrons. The smallest absolute Gasteiger partial charge is 0.407 e. The highest BCUT2D eigenvalue weighted by Gasteiger charge is 2.42. The van der Waals surface area contributed by atoms with Crippen LogP contribution in [0.1, 0.15) is 56.9 Å². The number of aldehydes is 1. The van der Waals surface area contributed by atoms with Gasteiger partial charge in [-0.3, -0.25) is 9.48 Å². The number of rotatable bonds is 9. The standard InChI is InChI=1S/C33H44ClN7O4Si/c1-33(2,3)45-32(43)36-20-14-21-8-9-22(15-20)41(21)27-16-35-30-24(17-40(31(30)37-27)19-44-12-13-46(5,6)7)23-10-11-25-28(29(23)34)26(18-42)39(4)38-25/h10-11,16-18,20-22H,8-9,12-15,19H2,1-7H3,(H,36,43)/t20?,21-,22+. The molecule has 0 aliphatic carbocycles. The lowest BCUT2D eigenvalue weighted by Gasteiger charge is -2.39. The average molecular weight is 666 g/mol. The molecule has 1 unspecified atom stereocenters. The second-order valence-corrected chi connectivity index (χ2v) is 20.8. The van der Waals surface area contributed by atoms with Gasteiger partial charge in [0.15, 0.2) is 11.9 Å². The van der Waals surface area contributed by atoms with Crippen molar-refractivity contribution >= 4 is 59.9 Å². The van der Waals surface area contributed by atoms with Crippen molar-refractivity contribution in [3.05, 3.63) is 35.2 Å². The van der Waals surface area contributed by atoms with E-state index in [9.17, 15) is 9.59 Å². The minimum atomic E-state index is -1.26. The number of amides is 1. The second kappa shape index (κ2) is 12.3. The number of halogens is 1. The number of carbonyl (C=O) groups excluding carboxylic acids is 2. The van der Waals surface area contributed by atoms with E-state index in [2.05, 4.69) is 35.0 Å². The summed E-state index contributed by atoms with van der Waals surface area (Å²) in [5.41, 5.74) is 3.55. The van der Waals surface area contributed by atoms with Crippen LogP contribution in [0.3, 0.4) is 0 Å². The van der Waals surface area contributed by atoms with Gasteiger partial charge < -0.3 is 24.3 Å². The van der Waals surface area contributed by atoms with Crippen LogP contribution >= 0.6 is 11.6 Å². The van der Waals surface area contributed by atoms with Crippen molar-refractivity contribution in [3.8, 4) is 11.1 Å². The Balaban J connectivity index is 1.33. The molecule has 5 heterocycles. The van der Waals surface area contributed by atoms with Gasteiger partial charge in [-0.05, 0) is 58.6 Å². The lowest BCUT2D eigenvalue weighted by Crippen LogP contribution is -2.51. The number of aromatic nitrogens is 5. The van der Waals surface area contributed by atoms with Gasteiger partial charge in [0.05, 0.1) is 16.7 Å². The monoisotopic (exact) mass is 665 g/mol. The number of aryl methyl sites for hydroxylation is 1. The number of ether oxygens (including phenoxy) is 2. The molecule has 0 radical (unpaired) electrons. The number of fused-ring (bicyclic) bond motifs is 4. The highest BCUT2D eigenvalue weighted by molar-refractivity contribution is 6.76. The van der Waals surface area contributed by atoms with Crippen molar-refractivity contribution < 1.29 is 19.1 Å². The Bertz CT molecular complexity index is 1780. The highest BCUT2D eigenvalue weighted by atomic mass is 35.5. The van der Waals surface area contributed by atoms with Crippen LogP contribution in [0.25, 0.3) is 33.2 Å². The van der Waals surface area contributed by atoms with Crippen molar-refractivity contribution in [2.75, 3.05) is 11.5 Å². The first-order chi connectivity index (χ1) is 21.7.